The van der Waals surface area contributed by atoms with E-state index in [9.17, 15) is 5.11 Å². The second-order valence-corrected chi connectivity index (χ2v) is 4.52. The summed E-state index contributed by atoms with van der Waals surface area (Å²) in [6.07, 6.45) is 5.21. The summed E-state index contributed by atoms with van der Waals surface area (Å²) < 4.78 is 0. The minimum absolute atomic E-state index is 0.277. The predicted molar refractivity (Wildman–Crippen MR) is 60.3 cm³/mol. The number of rotatable bonds is 5. The molecule has 0 amide bonds. The van der Waals surface area contributed by atoms with Gasteiger partial charge in [-0.3, -0.25) is 4.90 Å². The zero-order chi connectivity index (χ0) is 11.1. The lowest BCUT2D eigenvalue weighted by Crippen LogP contribution is -2.46. The molecule has 1 heterocycles. The lowest BCUT2D eigenvalue weighted by Gasteiger charge is -2.39. The van der Waals surface area contributed by atoms with Gasteiger partial charge in [-0.15, -0.1) is 0 Å². The first-order valence-electron chi connectivity index (χ1n) is 6.01. The Labute approximate surface area is 92.7 Å². The summed E-state index contributed by atoms with van der Waals surface area (Å²) in [5, 5.41) is 17.8. The maximum atomic E-state index is 9.34. The lowest BCUT2D eigenvalue weighted by atomic mass is 9.91. The fourth-order valence-corrected chi connectivity index (χ4v) is 2.43. The van der Waals surface area contributed by atoms with Crippen LogP contribution in [0.1, 0.15) is 39.0 Å². The van der Waals surface area contributed by atoms with Gasteiger partial charge in [0.15, 0.2) is 0 Å². The van der Waals surface area contributed by atoms with Gasteiger partial charge in [-0.2, -0.15) is 5.26 Å². The van der Waals surface area contributed by atoms with Crippen molar-refractivity contribution in [2.75, 3.05) is 19.7 Å². The van der Waals surface area contributed by atoms with E-state index in [1.165, 1.54) is 12.8 Å². The van der Waals surface area contributed by atoms with E-state index in [-0.39, 0.29) is 6.61 Å². The Morgan fingerprint density at radius 2 is 2.27 bits per heavy atom. The number of nitriles is 1. The molecule has 1 rings (SSSR count). The van der Waals surface area contributed by atoms with Crippen LogP contribution in [0, 0.1) is 17.2 Å². The van der Waals surface area contributed by atoms with Crippen molar-refractivity contribution in [1.82, 2.24) is 4.90 Å². The van der Waals surface area contributed by atoms with Crippen molar-refractivity contribution in [2.24, 2.45) is 5.92 Å². The minimum Gasteiger partial charge on any atom is -0.395 e. The van der Waals surface area contributed by atoms with Crippen molar-refractivity contribution in [3.63, 3.8) is 0 Å². The Morgan fingerprint density at radius 3 is 2.93 bits per heavy atom. The van der Waals surface area contributed by atoms with E-state index in [4.69, 9.17) is 5.26 Å². The van der Waals surface area contributed by atoms with Gasteiger partial charge >= 0.3 is 0 Å². The molecule has 0 aromatic heterocycles. The van der Waals surface area contributed by atoms with Crippen molar-refractivity contribution in [2.45, 2.75) is 45.1 Å². The van der Waals surface area contributed by atoms with Crippen LogP contribution in [0.3, 0.4) is 0 Å². The quantitative estimate of drug-likeness (QED) is 0.703. The van der Waals surface area contributed by atoms with Crippen LogP contribution in [0.25, 0.3) is 0 Å². The standard InChI is InChI=1S/C12H22N2O/c1-11-6-5-9-14(12(11)10-15)8-4-2-3-7-13/h11-12,15H,2-6,8-10H2,1H3. The van der Waals surface area contributed by atoms with Crippen molar-refractivity contribution in [3.8, 4) is 6.07 Å². The van der Waals surface area contributed by atoms with E-state index in [0.717, 1.165) is 25.9 Å². The summed E-state index contributed by atoms with van der Waals surface area (Å²) >= 11 is 0. The molecule has 1 aliphatic rings. The highest BCUT2D eigenvalue weighted by atomic mass is 16.3. The van der Waals surface area contributed by atoms with Gasteiger partial charge in [-0.25, -0.2) is 0 Å². The number of hydrogen-bond acceptors (Lipinski definition) is 3. The fraction of sp³-hybridized carbons (Fsp3) is 0.917. The number of unbranched alkanes of at least 4 members (excludes halogenated alkanes) is 2. The molecule has 1 fully saturated rings. The Morgan fingerprint density at radius 1 is 1.47 bits per heavy atom. The molecule has 1 aliphatic heterocycles. The van der Waals surface area contributed by atoms with Gasteiger partial charge in [0.25, 0.3) is 0 Å². The first-order chi connectivity index (χ1) is 7.29. The van der Waals surface area contributed by atoms with Crippen LogP contribution in [-0.4, -0.2) is 35.7 Å². The lowest BCUT2D eigenvalue weighted by molar-refractivity contribution is 0.0519. The molecular weight excluding hydrogens is 188 g/mol. The molecule has 86 valence electrons. The molecule has 15 heavy (non-hydrogen) atoms. The highest BCUT2D eigenvalue weighted by molar-refractivity contribution is 4.81. The Hall–Kier alpha value is -0.590. The summed E-state index contributed by atoms with van der Waals surface area (Å²) in [4.78, 5) is 2.39. The first kappa shape index (κ1) is 12.5. The smallest absolute Gasteiger partial charge is 0.0621 e. The summed E-state index contributed by atoms with van der Waals surface area (Å²) in [5.41, 5.74) is 0. The van der Waals surface area contributed by atoms with Gasteiger partial charge in [0.1, 0.15) is 0 Å². The van der Waals surface area contributed by atoms with E-state index in [0.29, 0.717) is 18.4 Å². The van der Waals surface area contributed by atoms with Crippen molar-refractivity contribution < 1.29 is 5.11 Å². The highest BCUT2D eigenvalue weighted by Crippen LogP contribution is 2.23. The van der Waals surface area contributed by atoms with Gasteiger partial charge in [-0.1, -0.05) is 6.92 Å². The zero-order valence-electron chi connectivity index (χ0n) is 9.65. The second-order valence-electron chi connectivity index (χ2n) is 4.52. The third kappa shape index (κ3) is 3.81. The molecule has 1 saturated heterocycles. The topological polar surface area (TPSA) is 47.3 Å². The number of piperidine rings is 1. The van der Waals surface area contributed by atoms with Gasteiger partial charge in [0, 0.05) is 12.5 Å². The number of hydrogen-bond donors (Lipinski definition) is 1. The Bertz CT molecular complexity index is 212. The summed E-state index contributed by atoms with van der Waals surface area (Å²) in [5.74, 6) is 0.611. The monoisotopic (exact) mass is 210 g/mol. The molecular formula is C12H22N2O. The molecule has 0 saturated carbocycles. The fourth-order valence-electron chi connectivity index (χ4n) is 2.43. The zero-order valence-corrected chi connectivity index (χ0v) is 9.65. The molecule has 0 aliphatic carbocycles. The Balaban J connectivity index is 2.28. The number of nitrogens with zero attached hydrogens (tertiary/aromatic N) is 2. The second kappa shape index (κ2) is 6.81. The van der Waals surface area contributed by atoms with Crippen LogP contribution in [0.5, 0.6) is 0 Å². The van der Waals surface area contributed by atoms with E-state index >= 15 is 0 Å². The normalized spacial score (nSPS) is 27.5. The van der Waals surface area contributed by atoms with E-state index < -0.39 is 0 Å². The van der Waals surface area contributed by atoms with Crippen LogP contribution in [-0.2, 0) is 0 Å². The molecule has 2 atom stereocenters. The van der Waals surface area contributed by atoms with Gasteiger partial charge < -0.3 is 5.11 Å². The van der Waals surface area contributed by atoms with Gasteiger partial charge in [0.05, 0.1) is 12.7 Å². The van der Waals surface area contributed by atoms with Crippen LogP contribution in [0.2, 0.25) is 0 Å². The molecule has 1 N–H and O–H groups in total. The average molecular weight is 210 g/mol. The minimum atomic E-state index is 0.277. The molecule has 3 heteroatoms. The molecule has 0 aromatic carbocycles. The maximum Gasteiger partial charge on any atom is 0.0621 e. The maximum absolute atomic E-state index is 9.34. The van der Waals surface area contributed by atoms with Gasteiger partial charge in [-0.05, 0) is 44.7 Å². The van der Waals surface area contributed by atoms with Crippen molar-refractivity contribution in [1.29, 1.82) is 5.26 Å². The molecule has 0 radical (unpaired) electrons. The van der Waals surface area contributed by atoms with Crippen LogP contribution in [0.4, 0.5) is 0 Å². The van der Waals surface area contributed by atoms with Crippen molar-refractivity contribution >= 4 is 0 Å². The molecule has 2 unspecified atom stereocenters. The van der Waals surface area contributed by atoms with Crippen LogP contribution in [0.15, 0.2) is 0 Å². The number of aliphatic hydroxyl groups excluding tert-OH is 1. The predicted octanol–water partition coefficient (Wildman–Crippen LogP) is 1.77. The third-order valence-electron chi connectivity index (χ3n) is 3.40. The number of aliphatic hydroxyl groups is 1. The number of likely N-dealkylation sites (tertiary alicyclic amines) is 1. The Kier molecular flexibility index (Phi) is 5.67. The molecule has 0 spiro atoms. The van der Waals surface area contributed by atoms with E-state index in [1.807, 2.05) is 0 Å². The summed E-state index contributed by atoms with van der Waals surface area (Å²) in [6, 6.07) is 2.52. The van der Waals surface area contributed by atoms with Crippen LogP contribution >= 0.6 is 0 Å². The van der Waals surface area contributed by atoms with E-state index in [2.05, 4.69) is 17.9 Å². The van der Waals surface area contributed by atoms with E-state index in [1.54, 1.807) is 0 Å². The van der Waals surface area contributed by atoms with Crippen molar-refractivity contribution in [3.05, 3.63) is 0 Å². The van der Waals surface area contributed by atoms with Crippen LogP contribution < -0.4 is 0 Å². The molecule has 0 bridgehead atoms. The SMILES string of the molecule is CC1CCCN(CCCCC#N)C1CO. The average Bonchev–Trinajstić information content (AvgIpc) is 2.24. The van der Waals surface area contributed by atoms with Gasteiger partial charge in [0.2, 0.25) is 0 Å². The molecule has 3 nitrogen and oxygen atoms in total. The largest absolute Gasteiger partial charge is 0.395 e. The highest BCUT2D eigenvalue weighted by Gasteiger charge is 2.26. The summed E-state index contributed by atoms with van der Waals surface area (Å²) in [7, 11) is 0. The first-order valence-corrected chi connectivity index (χ1v) is 6.01. The third-order valence-corrected chi connectivity index (χ3v) is 3.40. The summed E-state index contributed by atoms with van der Waals surface area (Å²) in [6.45, 7) is 4.65. The molecule has 0 aromatic rings.